The van der Waals surface area contributed by atoms with E-state index in [-0.39, 0.29) is 12.5 Å². The van der Waals surface area contributed by atoms with Crippen LogP contribution in [-0.4, -0.2) is 28.8 Å². The van der Waals surface area contributed by atoms with Gasteiger partial charge in [-0.15, -0.1) is 0 Å². The molecule has 0 saturated heterocycles. The number of hydrogen-bond acceptors (Lipinski definition) is 3. The highest BCUT2D eigenvalue weighted by molar-refractivity contribution is 6.01. The van der Waals surface area contributed by atoms with Gasteiger partial charge in [0.25, 0.3) is 0 Å². The summed E-state index contributed by atoms with van der Waals surface area (Å²) < 4.78 is 0. The average molecular weight is 294 g/mol. The van der Waals surface area contributed by atoms with Crippen molar-refractivity contribution in [1.82, 2.24) is 5.01 Å². The lowest BCUT2D eigenvalue weighted by Gasteiger charge is -2.18. The molecule has 4 heteroatoms. The first-order valence-electron chi connectivity index (χ1n) is 7.30. The third-order valence-electron chi connectivity index (χ3n) is 3.94. The van der Waals surface area contributed by atoms with Gasteiger partial charge in [-0.05, 0) is 16.7 Å². The normalized spacial score (nSPS) is 17.4. The Hall–Kier alpha value is -2.62. The minimum atomic E-state index is -0.810. The molecule has 0 radical (unpaired) electrons. The summed E-state index contributed by atoms with van der Waals surface area (Å²) in [6.07, 6.45) is 0.915. The molecular weight excluding hydrogens is 276 g/mol. The zero-order valence-corrected chi connectivity index (χ0v) is 12.4. The fourth-order valence-corrected chi connectivity index (χ4v) is 2.79. The Bertz CT molecular complexity index is 693. The van der Waals surface area contributed by atoms with E-state index in [1.54, 1.807) is 0 Å². The minimum absolute atomic E-state index is 0.0549. The van der Waals surface area contributed by atoms with Crippen molar-refractivity contribution in [2.75, 3.05) is 7.05 Å². The van der Waals surface area contributed by atoms with E-state index in [4.69, 9.17) is 5.11 Å². The monoisotopic (exact) mass is 294 g/mol. The van der Waals surface area contributed by atoms with Crippen molar-refractivity contribution in [1.29, 1.82) is 0 Å². The molecule has 1 N–H and O–H groups in total. The van der Waals surface area contributed by atoms with Gasteiger partial charge >= 0.3 is 5.97 Å². The second-order valence-electron chi connectivity index (χ2n) is 5.52. The predicted octanol–water partition coefficient (Wildman–Crippen LogP) is 3.09. The lowest BCUT2D eigenvalue weighted by molar-refractivity contribution is -0.136. The van der Waals surface area contributed by atoms with Gasteiger partial charge in [-0.25, -0.2) is 0 Å². The van der Waals surface area contributed by atoms with Crippen LogP contribution >= 0.6 is 0 Å². The highest BCUT2D eigenvalue weighted by atomic mass is 16.4. The smallest absolute Gasteiger partial charge is 0.307 e. The number of hydrazone groups is 1. The second-order valence-corrected chi connectivity index (χ2v) is 5.52. The molecule has 0 saturated carbocycles. The lowest BCUT2D eigenvalue weighted by Crippen LogP contribution is -2.13. The SMILES string of the molecule is CN1N=C(c2ccc(CC(=O)O)cc2)CC1c1ccccc1. The van der Waals surface area contributed by atoms with Crippen molar-refractivity contribution >= 4 is 11.7 Å². The van der Waals surface area contributed by atoms with E-state index in [0.29, 0.717) is 0 Å². The van der Waals surface area contributed by atoms with Gasteiger partial charge in [0.15, 0.2) is 0 Å². The van der Waals surface area contributed by atoms with Crippen molar-refractivity contribution in [3.63, 3.8) is 0 Å². The Balaban J connectivity index is 1.76. The number of nitrogens with zero attached hydrogens (tertiary/aromatic N) is 2. The number of carbonyl (C=O) groups is 1. The Morgan fingerprint density at radius 2 is 1.86 bits per heavy atom. The highest BCUT2D eigenvalue weighted by Gasteiger charge is 2.25. The number of hydrogen-bond donors (Lipinski definition) is 1. The molecule has 1 atom stereocenters. The molecule has 1 aliphatic rings. The molecule has 22 heavy (non-hydrogen) atoms. The highest BCUT2D eigenvalue weighted by Crippen LogP contribution is 2.31. The van der Waals surface area contributed by atoms with E-state index < -0.39 is 5.97 Å². The fraction of sp³-hybridized carbons (Fsp3) is 0.222. The molecule has 1 heterocycles. The van der Waals surface area contributed by atoms with Crippen LogP contribution < -0.4 is 0 Å². The number of carboxylic acid groups (broad SMARTS) is 1. The van der Waals surface area contributed by atoms with Crippen molar-refractivity contribution in [2.45, 2.75) is 18.9 Å². The Kier molecular flexibility index (Phi) is 3.92. The largest absolute Gasteiger partial charge is 0.481 e. The van der Waals surface area contributed by atoms with Crippen LogP contribution in [0.2, 0.25) is 0 Å². The van der Waals surface area contributed by atoms with E-state index in [2.05, 4.69) is 17.2 Å². The first-order chi connectivity index (χ1) is 10.6. The van der Waals surface area contributed by atoms with Crippen LogP contribution in [0.5, 0.6) is 0 Å². The van der Waals surface area contributed by atoms with Crippen LogP contribution in [-0.2, 0) is 11.2 Å². The molecule has 0 aliphatic carbocycles. The first-order valence-corrected chi connectivity index (χ1v) is 7.30. The molecule has 2 aromatic carbocycles. The summed E-state index contributed by atoms with van der Waals surface area (Å²) in [7, 11) is 1.99. The number of aliphatic carboxylic acids is 1. The first kappa shape index (κ1) is 14.3. The van der Waals surface area contributed by atoms with Crippen LogP contribution in [0.25, 0.3) is 0 Å². The third kappa shape index (κ3) is 3.01. The van der Waals surface area contributed by atoms with E-state index in [0.717, 1.165) is 23.3 Å². The standard InChI is InChI=1S/C18H18N2O2/c1-20-17(15-5-3-2-4-6-15)12-16(19-20)14-9-7-13(8-10-14)11-18(21)22/h2-10,17H,11-12H2,1H3,(H,21,22). The number of rotatable bonds is 4. The maximum absolute atomic E-state index is 10.7. The zero-order chi connectivity index (χ0) is 15.5. The molecule has 0 spiro atoms. The van der Waals surface area contributed by atoms with Crippen molar-refractivity contribution < 1.29 is 9.90 Å². The van der Waals surface area contributed by atoms with Crippen LogP contribution in [0.1, 0.15) is 29.2 Å². The van der Waals surface area contributed by atoms with Gasteiger partial charge in [0.05, 0.1) is 18.2 Å². The fourth-order valence-electron chi connectivity index (χ4n) is 2.79. The predicted molar refractivity (Wildman–Crippen MR) is 85.9 cm³/mol. The van der Waals surface area contributed by atoms with Crippen LogP contribution in [0.3, 0.4) is 0 Å². The average Bonchev–Trinajstić information content (AvgIpc) is 2.90. The van der Waals surface area contributed by atoms with E-state index in [1.807, 2.05) is 54.5 Å². The molecule has 3 rings (SSSR count). The van der Waals surface area contributed by atoms with E-state index in [1.165, 1.54) is 5.56 Å². The quantitative estimate of drug-likeness (QED) is 0.942. The minimum Gasteiger partial charge on any atom is -0.481 e. The lowest BCUT2D eigenvalue weighted by atomic mass is 9.98. The maximum atomic E-state index is 10.7. The Morgan fingerprint density at radius 1 is 1.18 bits per heavy atom. The summed E-state index contributed by atoms with van der Waals surface area (Å²) in [5.74, 6) is -0.810. The van der Waals surface area contributed by atoms with Crippen molar-refractivity contribution in [3.05, 3.63) is 71.3 Å². The van der Waals surface area contributed by atoms with Crippen LogP contribution in [0.4, 0.5) is 0 Å². The van der Waals surface area contributed by atoms with Gasteiger partial charge in [-0.2, -0.15) is 5.10 Å². The van der Waals surface area contributed by atoms with Gasteiger partial charge < -0.3 is 5.11 Å². The van der Waals surface area contributed by atoms with Crippen LogP contribution in [0.15, 0.2) is 59.7 Å². The van der Waals surface area contributed by atoms with Gasteiger partial charge in [0, 0.05) is 13.5 Å². The topological polar surface area (TPSA) is 52.9 Å². The van der Waals surface area contributed by atoms with E-state index >= 15 is 0 Å². The summed E-state index contributed by atoms with van der Waals surface area (Å²) in [4.78, 5) is 10.7. The molecule has 1 aliphatic heterocycles. The zero-order valence-electron chi connectivity index (χ0n) is 12.4. The molecule has 2 aromatic rings. The van der Waals surface area contributed by atoms with E-state index in [9.17, 15) is 4.79 Å². The number of benzene rings is 2. The molecule has 0 aromatic heterocycles. The maximum Gasteiger partial charge on any atom is 0.307 e. The molecule has 4 nitrogen and oxygen atoms in total. The third-order valence-corrected chi connectivity index (χ3v) is 3.94. The Labute approximate surface area is 129 Å². The Morgan fingerprint density at radius 3 is 2.50 bits per heavy atom. The molecule has 0 bridgehead atoms. The summed E-state index contributed by atoms with van der Waals surface area (Å²) in [6, 6.07) is 18.2. The van der Waals surface area contributed by atoms with Gasteiger partial charge in [-0.3, -0.25) is 9.80 Å². The molecule has 1 unspecified atom stereocenters. The van der Waals surface area contributed by atoms with Gasteiger partial charge in [-0.1, -0.05) is 54.6 Å². The van der Waals surface area contributed by atoms with Gasteiger partial charge in [0.1, 0.15) is 0 Å². The summed E-state index contributed by atoms with van der Waals surface area (Å²) in [6.45, 7) is 0. The summed E-state index contributed by atoms with van der Waals surface area (Å²) >= 11 is 0. The number of carboxylic acids is 1. The second kappa shape index (κ2) is 6.02. The summed E-state index contributed by atoms with van der Waals surface area (Å²) in [5.41, 5.74) is 4.16. The van der Waals surface area contributed by atoms with Crippen molar-refractivity contribution in [2.24, 2.45) is 5.10 Å². The van der Waals surface area contributed by atoms with Crippen molar-refractivity contribution in [3.8, 4) is 0 Å². The molecule has 0 amide bonds. The summed E-state index contributed by atoms with van der Waals surface area (Å²) in [5, 5.41) is 15.4. The molecule has 0 fully saturated rings. The molecular formula is C18H18N2O2. The van der Waals surface area contributed by atoms with Crippen LogP contribution in [0, 0.1) is 0 Å². The molecule has 112 valence electrons. The van der Waals surface area contributed by atoms with Gasteiger partial charge in [0.2, 0.25) is 0 Å².